The molecule has 0 unspecified atom stereocenters. The number of guanidine groups is 1. The summed E-state index contributed by atoms with van der Waals surface area (Å²) in [7, 11) is 4.12. The van der Waals surface area contributed by atoms with Gasteiger partial charge in [-0.05, 0) is 26.3 Å². The molecule has 1 heterocycles. The Kier molecular flexibility index (Phi) is 5.29. The fraction of sp³-hybridized carbons (Fsp3) is 0.556. The van der Waals surface area contributed by atoms with Crippen molar-refractivity contribution >= 4 is 11.9 Å². The van der Waals surface area contributed by atoms with Crippen molar-refractivity contribution < 1.29 is 14.1 Å². The monoisotopic (exact) mass is 318 g/mol. The third kappa shape index (κ3) is 4.98. The standard InChI is InChI=1S/C18H28N3O2/c1-18(2,3)23-16(22)14-21(13-15-9-7-6-8-10-15)17-19(4)11-12-20(17)5/h6-10H,11-14H2,1-5H3/q+1. The number of esters is 1. The number of carbonyl (C=O) groups is 1. The van der Waals surface area contributed by atoms with Crippen LogP contribution in [-0.2, 0) is 16.1 Å². The Morgan fingerprint density at radius 3 is 2.48 bits per heavy atom. The van der Waals surface area contributed by atoms with Crippen molar-refractivity contribution in [2.45, 2.75) is 32.9 Å². The van der Waals surface area contributed by atoms with Crippen molar-refractivity contribution in [2.75, 3.05) is 33.7 Å². The van der Waals surface area contributed by atoms with Crippen LogP contribution < -0.4 is 0 Å². The van der Waals surface area contributed by atoms with Crippen LogP contribution in [0.5, 0.6) is 0 Å². The van der Waals surface area contributed by atoms with Gasteiger partial charge < -0.3 is 4.74 Å². The number of hydrogen-bond donors (Lipinski definition) is 0. The molecule has 5 heteroatoms. The molecule has 0 atom stereocenters. The molecule has 23 heavy (non-hydrogen) atoms. The summed E-state index contributed by atoms with van der Waals surface area (Å²) >= 11 is 0. The highest BCUT2D eigenvalue weighted by Crippen LogP contribution is 2.12. The zero-order valence-electron chi connectivity index (χ0n) is 14.9. The van der Waals surface area contributed by atoms with Gasteiger partial charge in [-0.2, -0.15) is 0 Å². The fourth-order valence-corrected chi connectivity index (χ4v) is 2.81. The van der Waals surface area contributed by atoms with Crippen molar-refractivity contribution in [3.8, 4) is 0 Å². The lowest BCUT2D eigenvalue weighted by Gasteiger charge is -2.25. The molecule has 0 radical (unpaired) electrons. The molecule has 126 valence electrons. The predicted octanol–water partition coefficient (Wildman–Crippen LogP) is 1.77. The predicted molar refractivity (Wildman–Crippen MR) is 91.4 cm³/mol. The van der Waals surface area contributed by atoms with Crippen molar-refractivity contribution in [1.82, 2.24) is 9.80 Å². The van der Waals surface area contributed by atoms with E-state index in [-0.39, 0.29) is 12.5 Å². The lowest BCUT2D eigenvalue weighted by Crippen LogP contribution is -2.45. The zero-order chi connectivity index (χ0) is 17.0. The maximum Gasteiger partial charge on any atom is 0.351 e. The van der Waals surface area contributed by atoms with Crippen LogP contribution in [-0.4, -0.2) is 65.6 Å². The topological polar surface area (TPSA) is 35.8 Å². The molecule has 0 spiro atoms. The van der Waals surface area contributed by atoms with Crippen LogP contribution in [0.15, 0.2) is 30.3 Å². The lowest BCUT2D eigenvalue weighted by molar-refractivity contribution is -0.491. The van der Waals surface area contributed by atoms with Crippen LogP contribution in [0.25, 0.3) is 0 Å². The highest BCUT2D eigenvalue weighted by Gasteiger charge is 2.33. The third-order valence-electron chi connectivity index (χ3n) is 3.69. The van der Waals surface area contributed by atoms with E-state index in [2.05, 4.69) is 40.6 Å². The number of nitrogens with zero attached hydrogens (tertiary/aromatic N) is 3. The number of benzene rings is 1. The van der Waals surface area contributed by atoms with E-state index in [1.165, 1.54) is 5.56 Å². The maximum atomic E-state index is 12.3. The average Bonchev–Trinajstić information content (AvgIpc) is 2.76. The van der Waals surface area contributed by atoms with Crippen molar-refractivity contribution in [2.24, 2.45) is 0 Å². The van der Waals surface area contributed by atoms with Gasteiger partial charge in [-0.3, -0.25) is 9.48 Å². The normalized spacial score (nSPS) is 15.1. The van der Waals surface area contributed by atoms with E-state index in [4.69, 9.17) is 4.74 Å². The smallest absolute Gasteiger partial charge is 0.351 e. The van der Waals surface area contributed by atoms with Gasteiger partial charge in [0.05, 0.1) is 33.7 Å². The zero-order valence-corrected chi connectivity index (χ0v) is 14.9. The first kappa shape index (κ1) is 17.3. The Morgan fingerprint density at radius 1 is 1.30 bits per heavy atom. The van der Waals surface area contributed by atoms with Crippen LogP contribution in [0, 0.1) is 0 Å². The Balaban J connectivity index is 2.18. The van der Waals surface area contributed by atoms with Crippen molar-refractivity contribution in [3.05, 3.63) is 35.9 Å². The maximum absolute atomic E-state index is 12.3. The van der Waals surface area contributed by atoms with Gasteiger partial charge in [-0.15, -0.1) is 0 Å². The summed E-state index contributed by atoms with van der Waals surface area (Å²) in [5.41, 5.74) is 0.713. The highest BCUT2D eigenvalue weighted by molar-refractivity contribution is 5.82. The Bertz CT molecular complexity index is 576. The van der Waals surface area contributed by atoms with Crippen LogP contribution in [0.3, 0.4) is 0 Å². The second-order valence-electron chi connectivity index (χ2n) is 7.07. The van der Waals surface area contributed by atoms with Gasteiger partial charge in [0.15, 0.2) is 6.54 Å². The van der Waals surface area contributed by atoms with E-state index in [1.54, 1.807) is 0 Å². The molecule has 0 saturated carbocycles. The average molecular weight is 318 g/mol. The van der Waals surface area contributed by atoms with Gasteiger partial charge in [0, 0.05) is 0 Å². The van der Waals surface area contributed by atoms with Crippen LogP contribution in [0.4, 0.5) is 0 Å². The number of likely N-dealkylation sites (N-methyl/N-ethyl adjacent to an activating group) is 2. The van der Waals surface area contributed by atoms with E-state index in [1.807, 2.05) is 39.0 Å². The molecule has 0 aromatic heterocycles. The van der Waals surface area contributed by atoms with Gasteiger partial charge in [0.1, 0.15) is 5.60 Å². The number of ether oxygens (including phenoxy) is 1. The minimum atomic E-state index is -0.465. The van der Waals surface area contributed by atoms with Crippen LogP contribution in [0.2, 0.25) is 0 Å². The molecule has 0 N–H and O–H groups in total. The first-order valence-electron chi connectivity index (χ1n) is 8.06. The molecule has 1 aliphatic rings. The highest BCUT2D eigenvalue weighted by atomic mass is 16.6. The Morgan fingerprint density at radius 2 is 1.96 bits per heavy atom. The largest absolute Gasteiger partial charge is 0.458 e. The molecule has 1 aliphatic heterocycles. The number of rotatable bonds is 4. The van der Waals surface area contributed by atoms with Gasteiger partial charge in [-0.1, -0.05) is 30.3 Å². The molecular formula is C18H28N3O2+. The quantitative estimate of drug-likeness (QED) is 0.626. The van der Waals surface area contributed by atoms with Crippen molar-refractivity contribution in [3.63, 3.8) is 0 Å². The molecule has 0 aliphatic carbocycles. The summed E-state index contributed by atoms with van der Waals surface area (Å²) < 4.78 is 7.69. The molecule has 2 rings (SSSR count). The molecule has 0 saturated heterocycles. The molecular weight excluding hydrogens is 290 g/mol. The minimum absolute atomic E-state index is 0.199. The lowest BCUT2D eigenvalue weighted by atomic mass is 10.2. The van der Waals surface area contributed by atoms with Gasteiger partial charge >= 0.3 is 11.9 Å². The summed E-state index contributed by atoms with van der Waals surface area (Å²) in [6.07, 6.45) is 0. The molecule has 0 bridgehead atoms. The number of carbonyl (C=O) groups excluding carboxylic acids is 1. The Labute approximate surface area is 139 Å². The van der Waals surface area contributed by atoms with Crippen LogP contribution in [0.1, 0.15) is 26.3 Å². The molecule has 1 aromatic carbocycles. The van der Waals surface area contributed by atoms with Gasteiger partial charge in [0.25, 0.3) is 0 Å². The first-order valence-corrected chi connectivity index (χ1v) is 8.06. The first-order chi connectivity index (χ1) is 10.8. The van der Waals surface area contributed by atoms with Crippen molar-refractivity contribution in [1.29, 1.82) is 0 Å². The summed E-state index contributed by atoms with van der Waals surface area (Å²) in [4.78, 5) is 16.6. The van der Waals surface area contributed by atoms with E-state index in [0.29, 0.717) is 6.54 Å². The number of hydrogen-bond acceptors (Lipinski definition) is 4. The SMILES string of the molecule is CN1CC[N+](C)=C1N(CC(=O)OC(C)(C)C)Cc1ccccc1. The summed E-state index contributed by atoms with van der Waals surface area (Å²) in [5.74, 6) is 0.870. The summed E-state index contributed by atoms with van der Waals surface area (Å²) in [5, 5.41) is 0. The molecule has 0 fully saturated rings. The summed E-state index contributed by atoms with van der Waals surface area (Å²) in [6.45, 7) is 8.55. The third-order valence-corrected chi connectivity index (χ3v) is 3.69. The van der Waals surface area contributed by atoms with Gasteiger partial charge in [0.2, 0.25) is 0 Å². The minimum Gasteiger partial charge on any atom is -0.458 e. The molecule has 1 aromatic rings. The molecule has 0 amide bonds. The second-order valence-corrected chi connectivity index (χ2v) is 7.07. The summed E-state index contributed by atoms with van der Waals surface area (Å²) in [6, 6.07) is 10.2. The Hall–Kier alpha value is -2.04. The molecule has 5 nitrogen and oxygen atoms in total. The van der Waals surface area contributed by atoms with E-state index in [0.717, 1.165) is 19.0 Å². The van der Waals surface area contributed by atoms with E-state index in [9.17, 15) is 4.79 Å². The second kappa shape index (κ2) is 7.02. The van der Waals surface area contributed by atoms with Crippen LogP contribution >= 0.6 is 0 Å². The van der Waals surface area contributed by atoms with E-state index >= 15 is 0 Å². The fourth-order valence-electron chi connectivity index (χ4n) is 2.81. The van der Waals surface area contributed by atoms with E-state index < -0.39 is 5.60 Å². The van der Waals surface area contributed by atoms with Gasteiger partial charge in [-0.25, -0.2) is 9.69 Å².